The van der Waals surface area contributed by atoms with Crippen molar-refractivity contribution in [2.24, 2.45) is 0 Å². The molecule has 0 aliphatic rings. The molecular weight excluding hydrogens is 646 g/mol. The van der Waals surface area contributed by atoms with E-state index in [0.717, 1.165) is 12.1 Å². The smallest absolute Gasteiger partial charge is 0.416 e. The molecule has 0 bridgehead atoms. The van der Waals surface area contributed by atoms with Crippen molar-refractivity contribution >= 4 is 51.7 Å². The molecule has 0 aliphatic carbocycles. The van der Waals surface area contributed by atoms with Crippen LogP contribution in [0.25, 0.3) is 11.3 Å². The number of anilines is 2. The molecular formula is C25H17BrF5N2O5PS. The van der Waals surface area contributed by atoms with Crippen LogP contribution in [0.5, 0.6) is 0 Å². The van der Waals surface area contributed by atoms with Gasteiger partial charge in [0, 0.05) is 21.1 Å². The number of thiazole rings is 1. The van der Waals surface area contributed by atoms with Gasteiger partial charge in [-0.05, 0) is 62.6 Å². The van der Waals surface area contributed by atoms with Crippen LogP contribution in [0.2, 0.25) is 0 Å². The first-order valence-corrected chi connectivity index (χ1v) is 14.5. The van der Waals surface area contributed by atoms with Gasteiger partial charge in [0.1, 0.15) is 0 Å². The van der Waals surface area contributed by atoms with Gasteiger partial charge in [-0.25, -0.2) is 9.78 Å². The largest absolute Gasteiger partial charge is 0.478 e. The number of rotatable bonds is 10. The molecule has 4 aromatic rings. The zero-order chi connectivity index (χ0) is 29.1. The summed E-state index contributed by atoms with van der Waals surface area (Å²) >= 11 is 4.49. The van der Waals surface area contributed by atoms with Gasteiger partial charge in [-0.2, -0.15) is 13.2 Å². The maximum absolute atomic E-state index is 13.2. The number of carboxylic acid groups (broad SMARTS) is 1. The van der Waals surface area contributed by atoms with Crippen molar-refractivity contribution in [2.75, 3.05) is 4.90 Å². The van der Waals surface area contributed by atoms with Crippen LogP contribution in [0.4, 0.5) is 33.0 Å². The van der Waals surface area contributed by atoms with E-state index >= 15 is 0 Å². The highest BCUT2D eigenvalue weighted by molar-refractivity contribution is 9.10. The zero-order valence-corrected chi connectivity index (χ0v) is 23.2. The summed E-state index contributed by atoms with van der Waals surface area (Å²) in [5, 5.41) is 11.3. The summed E-state index contributed by atoms with van der Waals surface area (Å²) in [7, 11) is -4.63. The third kappa shape index (κ3) is 6.94. The van der Waals surface area contributed by atoms with E-state index in [9.17, 15) is 31.6 Å². The van der Waals surface area contributed by atoms with Crippen LogP contribution in [0.3, 0.4) is 0 Å². The molecule has 0 spiro atoms. The minimum atomic E-state index is -4.63. The van der Waals surface area contributed by atoms with Crippen LogP contribution in [-0.2, 0) is 32.9 Å². The third-order valence-electron chi connectivity index (χ3n) is 5.69. The average molecular weight is 663 g/mol. The summed E-state index contributed by atoms with van der Waals surface area (Å²) in [6.07, 6.45) is -5.22. The quantitative estimate of drug-likeness (QED) is 0.134. The van der Waals surface area contributed by atoms with Crippen molar-refractivity contribution in [2.45, 2.75) is 18.9 Å². The monoisotopic (exact) mass is 662 g/mol. The summed E-state index contributed by atoms with van der Waals surface area (Å²) in [6, 6.07) is 15.2. The number of benzene rings is 3. The number of nitrogens with zero attached hydrogens (tertiary/aromatic N) is 2. The Morgan fingerprint density at radius 1 is 1.02 bits per heavy atom. The number of alkyl halides is 3. The molecule has 0 amide bonds. The normalized spacial score (nSPS) is 11.9. The second kappa shape index (κ2) is 12.1. The molecule has 1 heterocycles. The molecule has 0 saturated heterocycles. The van der Waals surface area contributed by atoms with Crippen molar-refractivity contribution in [3.8, 4) is 11.3 Å². The Labute approximate surface area is 236 Å². The molecule has 0 atom stereocenters. The zero-order valence-electron chi connectivity index (χ0n) is 19.9. The van der Waals surface area contributed by atoms with Crippen molar-refractivity contribution in [1.82, 2.24) is 4.98 Å². The predicted molar refractivity (Wildman–Crippen MR) is 142 cm³/mol. The van der Waals surface area contributed by atoms with E-state index in [1.54, 1.807) is 34.5 Å². The number of hydrogen-bond donors (Lipinski definition) is 1. The summed E-state index contributed by atoms with van der Waals surface area (Å²) in [5.74, 6) is -1.08. The number of aromatic nitrogens is 1. The van der Waals surface area contributed by atoms with E-state index in [0.29, 0.717) is 32.1 Å². The predicted octanol–water partition coefficient (Wildman–Crippen LogP) is 9.12. The van der Waals surface area contributed by atoms with Crippen molar-refractivity contribution < 1.29 is 46.1 Å². The minimum absolute atomic E-state index is 0.104. The molecule has 4 rings (SSSR count). The lowest BCUT2D eigenvalue weighted by Gasteiger charge is -2.23. The van der Waals surface area contributed by atoms with Gasteiger partial charge in [0.2, 0.25) is 0 Å². The lowest BCUT2D eigenvalue weighted by atomic mass is 10.1. The summed E-state index contributed by atoms with van der Waals surface area (Å²) in [5.41, 5.74) is 1.69. The highest BCUT2D eigenvalue weighted by atomic mass is 79.9. The van der Waals surface area contributed by atoms with E-state index in [1.807, 2.05) is 0 Å². The number of aromatic carboxylic acids is 1. The molecule has 15 heteroatoms. The first-order valence-electron chi connectivity index (χ1n) is 11.1. The molecule has 7 nitrogen and oxygen atoms in total. The molecule has 0 unspecified atom stereocenters. The second-order valence-corrected chi connectivity index (χ2v) is 11.9. The van der Waals surface area contributed by atoms with Gasteiger partial charge in [0.15, 0.2) is 5.13 Å². The third-order valence-corrected chi connectivity index (χ3v) is 8.44. The Hall–Kier alpha value is -3.16. The fourth-order valence-corrected chi connectivity index (χ4v) is 6.12. The standard InChI is InChI=1S/C25H17BrF5N2O5PS/c26-21-11-15(1-2-18(21)13-39(36,37-30)38-31)12-33(20-9-7-19(8-10-20)25(27,28)29)24-32-22(14-40-24)16-3-5-17(6-4-16)23(34)35/h1-11,14H,12-13H2,(H,34,35). The van der Waals surface area contributed by atoms with Gasteiger partial charge < -0.3 is 10.0 Å². The molecule has 1 aromatic heterocycles. The van der Waals surface area contributed by atoms with Gasteiger partial charge in [-0.3, -0.25) is 4.57 Å². The number of carboxylic acids is 1. The molecule has 0 fully saturated rings. The first-order chi connectivity index (χ1) is 18.9. The number of hydrogen-bond acceptors (Lipinski definition) is 7. The lowest BCUT2D eigenvalue weighted by molar-refractivity contribution is -0.137. The average Bonchev–Trinajstić information content (AvgIpc) is 3.43. The molecule has 0 aliphatic heterocycles. The Bertz CT molecular complexity index is 1540. The molecule has 210 valence electrons. The molecule has 40 heavy (non-hydrogen) atoms. The van der Waals surface area contributed by atoms with E-state index < -0.39 is 31.5 Å². The van der Waals surface area contributed by atoms with Gasteiger partial charge in [-0.15, -0.1) is 20.8 Å². The Kier molecular flexibility index (Phi) is 9.06. The fraction of sp³-hybridized carbons (Fsp3) is 0.120. The highest BCUT2D eigenvalue weighted by Crippen LogP contribution is 2.53. The van der Waals surface area contributed by atoms with Crippen LogP contribution in [-0.4, -0.2) is 16.1 Å². The van der Waals surface area contributed by atoms with Crippen LogP contribution in [0, 0.1) is 0 Å². The molecule has 0 radical (unpaired) electrons. The van der Waals surface area contributed by atoms with E-state index in [2.05, 4.69) is 30.4 Å². The second-order valence-electron chi connectivity index (χ2n) is 8.36. The Morgan fingerprint density at radius 3 is 2.23 bits per heavy atom. The van der Waals surface area contributed by atoms with E-state index in [-0.39, 0.29) is 17.7 Å². The van der Waals surface area contributed by atoms with E-state index in [1.165, 1.54) is 41.7 Å². The number of carbonyl (C=O) groups is 1. The van der Waals surface area contributed by atoms with Gasteiger partial charge in [-0.1, -0.05) is 40.2 Å². The van der Waals surface area contributed by atoms with Gasteiger partial charge in [0.25, 0.3) is 0 Å². The summed E-state index contributed by atoms with van der Waals surface area (Å²) in [4.78, 5) is 17.4. The maximum atomic E-state index is 13.2. The molecule has 1 N–H and O–H groups in total. The van der Waals surface area contributed by atoms with Gasteiger partial charge in [0.05, 0.1) is 29.5 Å². The molecule has 3 aromatic carbocycles. The Morgan fingerprint density at radius 2 is 1.68 bits per heavy atom. The highest BCUT2D eigenvalue weighted by Gasteiger charge is 2.31. The maximum Gasteiger partial charge on any atom is 0.416 e. The number of halogens is 6. The molecule has 0 saturated carbocycles. The summed E-state index contributed by atoms with van der Waals surface area (Å²) in [6.45, 7) is 0.117. The first kappa shape index (κ1) is 29.8. The van der Waals surface area contributed by atoms with Crippen LogP contribution < -0.4 is 4.90 Å². The summed E-state index contributed by atoms with van der Waals surface area (Å²) < 4.78 is 83.0. The van der Waals surface area contributed by atoms with Crippen molar-refractivity contribution in [1.29, 1.82) is 0 Å². The van der Waals surface area contributed by atoms with E-state index in [4.69, 9.17) is 5.11 Å². The van der Waals surface area contributed by atoms with Gasteiger partial charge >= 0.3 is 19.7 Å². The van der Waals surface area contributed by atoms with Crippen molar-refractivity contribution in [3.63, 3.8) is 0 Å². The topological polar surface area (TPSA) is 89.0 Å². The van der Waals surface area contributed by atoms with Crippen molar-refractivity contribution in [3.05, 3.63) is 98.8 Å². The van der Waals surface area contributed by atoms with Crippen LogP contribution in [0.1, 0.15) is 27.0 Å². The van der Waals surface area contributed by atoms with Crippen LogP contribution in [0.15, 0.2) is 76.6 Å². The van der Waals surface area contributed by atoms with Crippen LogP contribution >= 0.6 is 34.9 Å². The fourth-order valence-electron chi connectivity index (χ4n) is 3.67. The SMILES string of the molecule is O=C(O)c1ccc(-c2csc(N(Cc3ccc(CP(=O)(OF)OF)c(Br)c3)c3ccc(C(F)(F)F)cc3)n2)cc1. The minimum Gasteiger partial charge on any atom is -0.478 e. The Balaban J connectivity index is 1.68. The lowest BCUT2D eigenvalue weighted by Crippen LogP contribution is -2.17.